The fourth-order valence-corrected chi connectivity index (χ4v) is 2.22. The van der Waals surface area contributed by atoms with Crippen LogP contribution < -0.4 is 10.6 Å². The van der Waals surface area contributed by atoms with Crippen molar-refractivity contribution in [3.05, 3.63) is 52.8 Å². The summed E-state index contributed by atoms with van der Waals surface area (Å²) in [5.41, 5.74) is -0.243. The Balaban J connectivity index is 2.21. The number of carbonyl (C=O) groups is 1. The lowest BCUT2D eigenvalue weighted by atomic mass is 10.2. The van der Waals surface area contributed by atoms with E-state index in [4.69, 9.17) is 11.6 Å². The van der Waals surface area contributed by atoms with Crippen LogP contribution in [0.4, 0.5) is 24.5 Å². The van der Waals surface area contributed by atoms with Crippen molar-refractivity contribution in [1.82, 2.24) is 4.98 Å². The van der Waals surface area contributed by atoms with Crippen molar-refractivity contribution in [3.8, 4) is 0 Å². The van der Waals surface area contributed by atoms with Crippen LogP contribution in [0, 0.1) is 0 Å². The van der Waals surface area contributed by atoms with E-state index in [1.165, 1.54) is 18.3 Å². The van der Waals surface area contributed by atoms with Crippen LogP contribution in [0.2, 0.25) is 5.02 Å². The minimum Gasteiger partial charge on any atom is -0.383 e. The molecule has 0 fully saturated rings. The van der Waals surface area contributed by atoms with Crippen LogP contribution in [-0.2, 0) is 6.18 Å². The molecule has 1 amide bonds. The van der Waals surface area contributed by atoms with Crippen molar-refractivity contribution in [2.24, 2.45) is 0 Å². The zero-order chi connectivity index (χ0) is 17.9. The Morgan fingerprint density at radius 2 is 1.88 bits per heavy atom. The van der Waals surface area contributed by atoms with Crippen LogP contribution in [0.15, 0.2) is 36.5 Å². The normalized spacial score (nSPS) is 11.5. The van der Waals surface area contributed by atoms with Gasteiger partial charge in [-0.15, -0.1) is 0 Å². The molecule has 0 spiro atoms. The van der Waals surface area contributed by atoms with Gasteiger partial charge >= 0.3 is 6.18 Å². The maximum atomic E-state index is 12.8. The Bertz CT molecular complexity index is 748. The smallest absolute Gasteiger partial charge is 0.383 e. The summed E-state index contributed by atoms with van der Waals surface area (Å²) in [6, 6.07) is 6.55. The molecule has 0 bridgehead atoms. The molecule has 4 nitrogen and oxygen atoms in total. The highest BCUT2D eigenvalue weighted by Gasteiger charge is 2.33. The van der Waals surface area contributed by atoms with Gasteiger partial charge in [-0.3, -0.25) is 9.78 Å². The number of amides is 1. The van der Waals surface area contributed by atoms with Crippen LogP contribution in [0.5, 0.6) is 0 Å². The molecule has 2 rings (SSSR count). The lowest BCUT2D eigenvalue weighted by Gasteiger charge is -2.12. The van der Waals surface area contributed by atoms with Gasteiger partial charge in [-0.2, -0.15) is 13.2 Å². The fourth-order valence-electron chi connectivity index (χ4n) is 1.99. The van der Waals surface area contributed by atoms with E-state index in [1.807, 2.05) is 13.8 Å². The number of rotatable bonds is 4. The number of halogens is 4. The van der Waals surface area contributed by atoms with Gasteiger partial charge in [-0.1, -0.05) is 11.6 Å². The molecule has 24 heavy (non-hydrogen) atoms. The van der Waals surface area contributed by atoms with Crippen LogP contribution in [0.1, 0.15) is 29.9 Å². The lowest BCUT2D eigenvalue weighted by Crippen LogP contribution is -2.16. The summed E-state index contributed by atoms with van der Waals surface area (Å²) in [5.74, 6) is -0.613. The topological polar surface area (TPSA) is 54.0 Å². The van der Waals surface area contributed by atoms with Crippen molar-refractivity contribution < 1.29 is 18.0 Å². The van der Waals surface area contributed by atoms with Gasteiger partial charge in [0, 0.05) is 23.6 Å². The number of aromatic nitrogens is 1. The molecular weight excluding hydrogens is 343 g/mol. The zero-order valence-corrected chi connectivity index (χ0v) is 13.7. The predicted molar refractivity (Wildman–Crippen MR) is 87.4 cm³/mol. The Hall–Kier alpha value is -2.28. The molecule has 2 aromatic rings. The van der Waals surface area contributed by atoms with Crippen molar-refractivity contribution in [3.63, 3.8) is 0 Å². The van der Waals surface area contributed by atoms with Gasteiger partial charge in [-0.05, 0) is 44.2 Å². The van der Waals surface area contributed by atoms with Crippen molar-refractivity contribution in [1.29, 1.82) is 0 Å². The van der Waals surface area contributed by atoms with Gasteiger partial charge in [0.1, 0.15) is 5.69 Å². The third kappa shape index (κ3) is 4.61. The maximum Gasteiger partial charge on any atom is 0.417 e. The third-order valence-electron chi connectivity index (χ3n) is 2.98. The monoisotopic (exact) mass is 357 g/mol. The van der Waals surface area contributed by atoms with Crippen LogP contribution in [-0.4, -0.2) is 16.9 Å². The number of alkyl halides is 3. The highest BCUT2D eigenvalue weighted by atomic mass is 35.5. The second kappa shape index (κ2) is 7.09. The lowest BCUT2D eigenvalue weighted by molar-refractivity contribution is -0.137. The first-order chi connectivity index (χ1) is 11.2. The molecule has 8 heteroatoms. The molecule has 0 saturated carbocycles. The molecule has 1 aromatic carbocycles. The Morgan fingerprint density at radius 3 is 2.50 bits per heavy atom. The summed E-state index contributed by atoms with van der Waals surface area (Å²) < 4.78 is 38.5. The van der Waals surface area contributed by atoms with E-state index in [2.05, 4.69) is 15.6 Å². The van der Waals surface area contributed by atoms with Crippen LogP contribution >= 0.6 is 11.6 Å². The summed E-state index contributed by atoms with van der Waals surface area (Å²) in [6.07, 6.45) is -3.15. The predicted octanol–water partition coefficient (Wildman–Crippen LogP) is 4.83. The number of anilines is 2. The van der Waals surface area contributed by atoms with Crippen LogP contribution in [0.3, 0.4) is 0 Å². The fraction of sp³-hybridized carbons (Fsp3) is 0.250. The van der Waals surface area contributed by atoms with Gasteiger partial charge in [0.15, 0.2) is 0 Å². The van der Waals surface area contributed by atoms with Crippen molar-refractivity contribution >= 4 is 28.9 Å². The van der Waals surface area contributed by atoms with E-state index in [0.29, 0.717) is 5.69 Å². The minimum atomic E-state index is -4.60. The highest BCUT2D eigenvalue weighted by Crippen LogP contribution is 2.36. The average Bonchev–Trinajstić information content (AvgIpc) is 2.47. The SMILES string of the molecule is CC(C)Nc1ccnc(C(=O)Nc2ccc(Cl)c(C(F)(F)F)c2)c1. The number of hydrogen-bond acceptors (Lipinski definition) is 3. The van der Waals surface area contributed by atoms with E-state index >= 15 is 0 Å². The molecule has 128 valence electrons. The van der Waals surface area contributed by atoms with Gasteiger partial charge < -0.3 is 10.6 Å². The van der Waals surface area contributed by atoms with Gasteiger partial charge in [-0.25, -0.2) is 0 Å². The van der Waals surface area contributed by atoms with E-state index in [0.717, 1.165) is 12.1 Å². The molecule has 0 saturated heterocycles. The van der Waals surface area contributed by atoms with Gasteiger partial charge in [0.2, 0.25) is 0 Å². The quantitative estimate of drug-likeness (QED) is 0.824. The Labute approximate surface area is 142 Å². The molecular formula is C16H15ClF3N3O. The first kappa shape index (κ1) is 18.1. The summed E-state index contributed by atoms with van der Waals surface area (Å²) in [6.45, 7) is 3.87. The van der Waals surface area contributed by atoms with E-state index in [1.54, 1.807) is 6.07 Å². The number of nitrogens with one attached hydrogen (secondary N) is 2. The summed E-state index contributed by atoms with van der Waals surface area (Å²) in [5, 5.41) is 5.08. The molecule has 2 N–H and O–H groups in total. The molecule has 0 atom stereocenters. The summed E-state index contributed by atoms with van der Waals surface area (Å²) in [7, 11) is 0. The molecule has 0 aliphatic carbocycles. The second-order valence-corrected chi connectivity index (χ2v) is 5.78. The summed E-state index contributed by atoms with van der Waals surface area (Å²) in [4.78, 5) is 16.1. The largest absolute Gasteiger partial charge is 0.417 e. The van der Waals surface area contributed by atoms with E-state index in [-0.39, 0.29) is 17.4 Å². The first-order valence-electron chi connectivity index (χ1n) is 7.07. The third-order valence-corrected chi connectivity index (χ3v) is 3.31. The minimum absolute atomic E-state index is 0.0132. The average molecular weight is 358 g/mol. The Kier molecular flexibility index (Phi) is 5.33. The second-order valence-electron chi connectivity index (χ2n) is 5.38. The highest BCUT2D eigenvalue weighted by molar-refractivity contribution is 6.31. The number of nitrogens with zero attached hydrogens (tertiary/aromatic N) is 1. The van der Waals surface area contributed by atoms with Crippen LogP contribution in [0.25, 0.3) is 0 Å². The first-order valence-corrected chi connectivity index (χ1v) is 7.45. The maximum absolute atomic E-state index is 12.8. The van der Waals surface area contributed by atoms with Crippen molar-refractivity contribution in [2.45, 2.75) is 26.1 Å². The number of hydrogen-bond donors (Lipinski definition) is 2. The molecule has 0 radical (unpaired) electrons. The number of benzene rings is 1. The number of carbonyl (C=O) groups excluding carboxylic acids is 1. The molecule has 0 aliphatic heterocycles. The zero-order valence-electron chi connectivity index (χ0n) is 12.9. The van der Waals surface area contributed by atoms with Gasteiger partial charge in [0.25, 0.3) is 5.91 Å². The van der Waals surface area contributed by atoms with E-state index < -0.39 is 22.7 Å². The summed E-state index contributed by atoms with van der Waals surface area (Å²) >= 11 is 5.55. The molecule has 1 aromatic heterocycles. The molecule has 0 aliphatic rings. The Morgan fingerprint density at radius 1 is 1.17 bits per heavy atom. The molecule has 1 heterocycles. The van der Waals surface area contributed by atoms with Gasteiger partial charge in [0.05, 0.1) is 10.6 Å². The molecule has 0 unspecified atom stereocenters. The van der Waals surface area contributed by atoms with Crippen molar-refractivity contribution in [2.75, 3.05) is 10.6 Å². The van der Waals surface area contributed by atoms with E-state index in [9.17, 15) is 18.0 Å². The number of pyridine rings is 1. The standard InChI is InChI=1S/C16H15ClF3N3O/c1-9(2)22-11-5-6-21-14(8-11)15(24)23-10-3-4-13(17)12(7-10)16(18,19)20/h3-9H,1-2H3,(H,21,22)(H,23,24).